The van der Waals surface area contributed by atoms with Crippen molar-refractivity contribution in [1.82, 2.24) is 0 Å². The topological polar surface area (TPSA) is 6.48 Å². The zero-order valence-corrected chi connectivity index (χ0v) is 29.7. The van der Waals surface area contributed by atoms with Crippen LogP contribution in [0, 0.1) is 13.8 Å². The molecule has 0 unspecified atom stereocenters. The van der Waals surface area contributed by atoms with E-state index in [0.717, 1.165) is 22.7 Å². The molecule has 0 radical (unpaired) electrons. The number of anilines is 6. The van der Waals surface area contributed by atoms with Gasteiger partial charge in [-0.1, -0.05) is 135 Å². The zero-order chi connectivity index (χ0) is 35.0. The summed E-state index contributed by atoms with van der Waals surface area (Å²) in [7, 11) is 0. The molecular formula is C49H42N2. The van der Waals surface area contributed by atoms with Gasteiger partial charge in [-0.2, -0.15) is 0 Å². The fraction of sp³-hybridized carbons (Fsp3) is 0.102. The molecule has 7 aromatic rings. The van der Waals surface area contributed by atoms with Gasteiger partial charge in [-0.25, -0.2) is 0 Å². The van der Waals surface area contributed by atoms with E-state index in [1.54, 1.807) is 0 Å². The minimum atomic E-state index is -0.139. The quantitative estimate of drug-likeness (QED) is 0.150. The number of rotatable bonds is 8. The van der Waals surface area contributed by atoms with E-state index in [2.05, 4.69) is 220 Å². The molecule has 7 aromatic carbocycles. The van der Waals surface area contributed by atoms with Crippen molar-refractivity contribution in [2.75, 3.05) is 9.80 Å². The summed E-state index contributed by atoms with van der Waals surface area (Å²) >= 11 is 0. The van der Waals surface area contributed by atoms with Crippen LogP contribution in [0.3, 0.4) is 0 Å². The Balaban J connectivity index is 1.08. The predicted octanol–water partition coefficient (Wildman–Crippen LogP) is 13.7. The van der Waals surface area contributed by atoms with Gasteiger partial charge < -0.3 is 9.80 Å². The van der Waals surface area contributed by atoms with Crippen LogP contribution in [-0.4, -0.2) is 0 Å². The standard InChI is InChI=1S/C49H42N2/c1-35-19-26-41(27-20-35)51(48-18-12-11-13-36(48)2)42-28-23-37(24-29-42)21-22-38-25-31-44-45-32-30-43(34-47(45)49(3,4)46(44)33-38)50(39-14-7-5-8-15-39)40-16-9-6-10-17-40/h5-34H,1-4H3/b22-21+. The molecule has 0 atom stereocenters. The SMILES string of the molecule is Cc1ccc(N(c2ccc(/C=C/c3ccc4c(c3)C(C)(C)c3cc(N(c5ccccc5)c5ccccc5)ccc3-4)cc2)c2ccccc2C)cc1. The molecule has 1 aliphatic rings. The Morgan fingerprint density at radius 3 is 1.51 bits per heavy atom. The molecule has 0 N–H and O–H groups in total. The van der Waals surface area contributed by atoms with Crippen molar-refractivity contribution in [3.8, 4) is 11.1 Å². The van der Waals surface area contributed by atoms with Gasteiger partial charge in [-0.3, -0.25) is 0 Å². The monoisotopic (exact) mass is 658 g/mol. The number of hydrogen-bond acceptors (Lipinski definition) is 2. The summed E-state index contributed by atoms with van der Waals surface area (Å²) < 4.78 is 0. The first-order chi connectivity index (χ1) is 24.9. The van der Waals surface area contributed by atoms with E-state index < -0.39 is 0 Å². The fourth-order valence-electron chi connectivity index (χ4n) is 7.45. The van der Waals surface area contributed by atoms with Crippen molar-refractivity contribution in [3.63, 3.8) is 0 Å². The maximum atomic E-state index is 2.39. The molecule has 0 saturated heterocycles. The lowest BCUT2D eigenvalue weighted by atomic mass is 9.81. The Morgan fingerprint density at radius 2 is 0.882 bits per heavy atom. The highest BCUT2D eigenvalue weighted by molar-refractivity contribution is 5.87. The highest BCUT2D eigenvalue weighted by atomic mass is 15.1. The highest BCUT2D eigenvalue weighted by Gasteiger charge is 2.36. The molecule has 1 aliphatic carbocycles. The Morgan fingerprint density at radius 1 is 0.412 bits per heavy atom. The largest absolute Gasteiger partial charge is 0.310 e. The normalized spacial score (nSPS) is 12.8. The van der Waals surface area contributed by atoms with Crippen molar-refractivity contribution in [2.45, 2.75) is 33.1 Å². The first-order valence-corrected chi connectivity index (χ1v) is 17.8. The first-order valence-electron chi connectivity index (χ1n) is 17.8. The summed E-state index contributed by atoms with van der Waals surface area (Å²) in [5, 5.41) is 0. The zero-order valence-electron chi connectivity index (χ0n) is 29.7. The molecule has 0 amide bonds. The first kappa shape index (κ1) is 32.1. The average Bonchev–Trinajstić information content (AvgIpc) is 3.39. The lowest BCUT2D eigenvalue weighted by molar-refractivity contribution is 0.660. The van der Waals surface area contributed by atoms with Crippen LogP contribution in [0.4, 0.5) is 34.1 Å². The third-order valence-corrected chi connectivity index (χ3v) is 10.2. The van der Waals surface area contributed by atoms with Gasteiger partial charge in [-0.15, -0.1) is 0 Å². The maximum absolute atomic E-state index is 2.39. The third-order valence-electron chi connectivity index (χ3n) is 10.2. The molecule has 2 nitrogen and oxygen atoms in total. The van der Waals surface area contributed by atoms with Crippen LogP contribution in [0.15, 0.2) is 170 Å². The molecule has 2 heteroatoms. The van der Waals surface area contributed by atoms with Crippen LogP contribution >= 0.6 is 0 Å². The van der Waals surface area contributed by atoms with Gasteiger partial charge in [0.05, 0.1) is 0 Å². The maximum Gasteiger partial charge on any atom is 0.0490 e. The summed E-state index contributed by atoms with van der Waals surface area (Å²) in [5.74, 6) is 0. The number of para-hydroxylation sites is 3. The Bertz CT molecular complexity index is 2290. The van der Waals surface area contributed by atoms with Gasteiger partial charge >= 0.3 is 0 Å². The number of aryl methyl sites for hydroxylation is 2. The minimum Gasteiger partial charge on any atom is -0.310 e. The summed E-state index contributed by atoms with van der Waals surface area (Å²) in [4.78, 5) is 4.69. The third kappa shape index (κ3) is 6.15. The number of benzene rings is 7. The lowest BCUT2D eigenvalue weighted by Crippen LogP contribution is -2.16. The molecule has 0 heterocycles. The molecule has 0 fully saturated rings. The Kier molecular flexibility index (Phi) is 8.37. The summed E-state index contributed by atoms with van der Waals surface area (Å²) in [5.41, 5.74) is 17.0. The Labute approximate surface area is 302 Å². The Hall–Kier alpha value is -6.12. The predicted molar refractivity (Wildman–Crippen MR) is 218 cm³/mol. The molecule has 0 aliphatic heterocycles. The van der Waals surface area contributed by atoms with Crippen molar-refractivity contribution in [1.29, 1.82) is 0 Å². The van der Waals surface area contributed by atoms with Crippen LogP contribution in [0.5, 0.6) is 0 Å². The summed E-state index contributed by atoms with van der Waals surface area (Å²) in [6.07, 6.45) is 4.46. The summed E-state index contributed by atoms with van der Waals surface area (Å²) in [6.45, 7) is 9.02. The molecule has 8 rings (SSSR count). The average molecular weight is 659 g/mol. The second kappa shape index (κ2) is 13.3. The number of hydrogen-bond donors (Lipinski definition) is 0. The lowest BCUT2D eigenvalue weighted by Gasteiger charge is -2.28. The van der Waals surface area contributed by atoms with Crippen LogP contribution < -0.4 is 9.80 Å². The number of fused-ring (bicyclic) bond motifs is 3. The van der Waals surface area contributed by atoms with Crippen molar-refractivity contribution < 1.29 is 0 Å². The van der Waals surface area contributed by atoms with Crippen LogP contribution in [0.1, 0.15) is 47.2 Å². The van der Waals surface area contributed by atoms with Crippen molar-refractivity contribution >= 4 is 46.3 Å². The van der Waals surface area contributed by atoms with E-state index in [1.165, 1.54) is 55.9 Å². The van der Waals surface area contributed by atoms with Gasteiger partial charge in [0.1, 0.15) is 0 Å². The van der Waals surface area contributed by atoms with E-state index in [9.17, 15) is 0 Å². The second-order valence-electron chi connectivity index (χ2n) is 14.0. The van der Waals surface area contributed by atoms with E-state index in [4.69, 9.17) is 0 Å². The molecule has 0 aromatic heterocycles. The molecular weight excluding hydrogens is 617 g/mol. The van der Waals surface area contributed by atoms with Crippen LogP contribution in [0.25, 0.3) is 23.3 Å². The highest BCUT2D eigenvalue weighted by Crippen LogP contribution is 2.51. The van der Waals surface area contributed by atoms with E-state index in [0.29, 0.717) is 0 Å². The van der Waals surface area contributed by atoms with Gasteiger partial charge in [0.25, 0.3) is 0 Å². The molecule has 0 bridgehead atoms. The van der Waals surface area contributed by atoms with E-state index in [-0.39, 0.29) is 5.41 Å². The van der Waals surface area contributed by atoms with Gasteiger partial charge in [0, 0.05) is 39.5 Å². The van der Waals surface area contributed by atoms with Crippen molar-refractivity contribution in [2.24, 2.45) is 0 Å². The molecule has 248 valence electrons. The summed E-state index contributed by atoms with van der Waals surface area (Å²) in [6, 6.07) is 61.4. The van der Waals surface area contributed by atoms with Gasteiger partial charge in [-0.05, 0) is 120 Å². The molecule has 51 heavy (non-hydrogen) atoms. The van der Waals surface area contributed by atoms with E-state index >= 15 is 0 Å². The van der Waals surface area contributed by atoms with Gasteiger partial charge in [0.2, 0.25) is 0 Å². The molecule has 0 saturated carbocycles. The second-order valence-corrected chi connectivity index (χ2v) is 14.0. The van der Waals surface area contributed by atoms with Gasteiger partial charge in [0.15, 0.2) is 0 Å². The smallest absolute Gasteiger partial charge is 0.0490 e. The minimum absolute atomic E-state index is 0.139. The van der Waals surface area contributed by atoms with Crippen molar-refractivity contribution in [3.05, 3.63) is 203 Å². The van der Waals surface area contributed by atoms with Crippen LogP contribution in [-0.2, 0) is 5.41 Å². The van der Waals surface area contributed by atoms with Crippen LogP contribution in [0.2, 0.25) is 0 Å². The number of nitrogens with zero attached hydrogens (tertiary/aromatic N) is 2. The molecule has 0 spiro atoms. The fourth-order valence-corrected chi connectivity index (χ4v) is 7.45. The van der Waals surface area contributed by atoms with E-state index in [1.807, 2.05) is 0 Å².